The van der Waals surface area contributed by atoms with E-state index >= 15 is 0 Å². The van der Waals surface area contributed by atoms with Crippen molar-refractivity contribution in [3.05, 3.63) is 30.0 Å². The van der Waals surface area contributed by atoms with Crippen LogP contribution < -0.4 is 5.32 Å². The molecule has 4 nitrogen and oxygen atoms in total. The zero-order chi connectivity index (χ0) is 13.1. The summed E-state index contributed by atoms with van der Waals surface area (Å²) in [6, 6.07) is 6.33. The highest BCUT2D eigenvalue weighted by Gasteiger charge is 2.05. The molecule has 2 aromatic rings. The molecule has 1 aromatic carbocycles. The number of rotatable bonds is 4. The summed E-state index contributed by atoms with van der Waals surface area (Å²) in [6.07, 6.45) is 2.46. The fraction of sp³-hybridized carbons (Fsp3) is 0.429. The molecule has 2 rings (SSSR count). The van der Waals surface area contributed by atoms with Gasteiger partial charge in [0.1, 0.15) is 0 Å². The summed E-state index contributed by atoms with van der Waals surface area (Å²) in [7, 11) is 1.65. The maximum atomic E-state index is 11.2. The third-order valence-corrected chi connectivity index (χ3v) is 3.09. The van der Waals surface area contributed by atoms with Crippen LogP contribution in [0.4, 0.5) is 0 Å². The fourth-order valence-corrected chi connectivity index (χ4v) is 1.91. The lowest BCUT2D eigenvalue weighted by Gasteiger charge is -2.03. The second-order valence-corrected chi connectivity index (χ2v) is 4.79. The number of benzene rings is 1. The average molecular weight is 245 g/mol. The van der Waals surface area contributed by atoms with E-state index in [0.717, 1.165) is 10.9 Å². The molecule has 0 bridgehead atoms. The third-order valence-electron chi connectivity index (χ3n) is 3.09. The average Bonchev–Trinajstić information content (AvgIpc) is 2.77. The highest BCUT2D eigenvalue weighted by Crippen LogP contribution is 2.20. The number of fused-ring (bicyclic) bond motifs is 1. The molecular weight excluding hydrogens is 226 g/mol. The molecule has 1 N–H and O–H groups in total. The summed E-state index contributed by atoms with van der Waals surface area (Å²) in [5.74, 6) is 0.557. The first-order valence-corrected chi connectivity index (χ1v) is 6.28. The van der Waals surface area contributed by atoms with Crippen LogP contribution in [0.3, 0.4) is 0 Å². The minimum Gasteiger partial charge on any atom is -0.359 e. The number of carbonyl (C=O) groups is 1. The molecule has 0 aliphatic carbocycles. The van der Waals surface area contributed by atoms with E-state index in [-0.39, 0.29) is 5.91 Å². The highest BCUT2D eigenvalue weighted by atomic mass is 16.1. The van der Waals surface area contributed by atoms with Gasteiger partial charge in [0, 0.05) is 31.6 Å². The lowest BCUT2D eigenvalue weighted by atomic mass is 10.0. The molecule has 1 aromatic heterocycles. The zero-order valence-corrected chi connectivity index (χ0v) is 11.1. The topological polar surface area (TPSA) is 46.9 Å². The molecule has 0 saturated carbocycles. The molecule has 0 aliphatic rings. The second kappa shape index (κ2) is 5.21. The molecule has 0 saturated heterocycles. The second-order valence-electron chi connectivity index (χ2n) is 4.79. The first kappa shape index (κ1) is 12.6. The smallest absolute Gasteiger partial charge is 0.221 e. The number of nitrogens with one attached hydrogen (secondary N) is 1. The van der Waals surface area contributed by atoms with E-state index in [2.05, 4.69) is 36.4 Å². The van der Waals surface area contributed by atoms with Gasteiger partial charge >= 0.3 is 0 Å². The van der Waals surface area contributed by atoms with Gasteiger partial charge in [-0.05, 0) is 23.6 Å². The van der Waals surface area contributed by atoms with E-state index in [1.807, 2.05) is 16.9 Å². The van der Waals surface area contributed by atoms with Crippen molar-refractivity contribution in [1.82, 2.24) is 15.1 Å². The minimum atomic E-state index is 0.0393. The van der Waals surface area contributed by atoms with Crippen LogP contribution in [0, 0.1) is 0 Å². The zero-order valence-electron chi connectivity index (χ0n) is 11.1. The standard InChI is InChI=1S/C14H19N3O/c1-10(2)11-4-5-13-12(8-11)9-17(16-13)7-6-14(18)15-3/h4-5,8-10H,6-7H2,1-3H3,(H,15,18). The monoisotopic (exact) mass is 245 g/mol. The van der Waals surface area contributed by atoms with Gasteiger partial charge in [0.25, 0.3) is 0 Å². The van der Waals surface area contributed by atoms with Crippen LogP contribution in [0.5, 0.6) is 0 Å². The molecule has 0 atom stereocenters. The Morgan fingerprint density at radius 1 is 1.44 bits per heavy atom. The maximum Gasteiger partial charge on any atom is 0.221 e. The largest absolute Gasteiger partial charge is 0.359 e. The molecular formula is C14H19N3O. The SMILES string of the molecule is CNC(=O)CCn1cc2cc(C(C)C)ccc2n1. The summed E-state index contributed by atoms with van der Waals surface area (Å²) in [4.78, 5) is 11.2. The van der Waals surface area contributed by atoms with Crippen LogP contribution in [0.15, 0.2) is 24.4 Å². The van der Waals surface area contributed by atoms with Crippen molar-refractivity contribution < 1.29 is 4.79 Å². The van der Waals surface area contributed by atoms with Crippen molar-refractivity contribution in [2.45, 2.75) is 32.7 Å². The van der Waals surface area contributed by atoms with Crippen molar-refractivity contribution in [2.75, 3.05) is 7.05 Å². The number of aryl methyl sites for hydroxylation is 1. The Balaban J connectivity index is 2.19. The number of hydrogen-bond donors (Lipinski definition) is 1. The lowest BCUT2D eigenvalue weighted by molar-refractivity contribution is -0.120. The Morgan fingerprint density at radius 3 is 2.89 bits per heavy atom. The number of nitrogens with zero attached hydrogens (tertiary/aromatic N) is 2. The van der Waals surface area contributed by atoms with Crippen LogP contribution in [0.1, 0.15) is 31.7 Å². The van der Waals surface area contributed by atoms with Crippen molar-refractivity contribution in [1.29, 1.82) is 0 Å². The van der Waals surface area contributed by atoms with Gasteiger partial charge in [-0.25, -0.2) is 0 Å². The van der Waals surface area contributed by atoms with Gasteiger partial charge in [-0.3, -0.25) is 9.48 Å². The van der Waals surface area contributed by atoms with E-state index in [9.17, 15) is 4.79 Å². The molecule has 0 fully saturated rings. The predicted molar refractivity (Wildman–Crippen MR) is 72.5 cm³/mol. The minimum absolute atomic E-state index is 0.0393. The summed E-state index contributed by atoms with van der Waals surface area (Å²) < 4.78 is 1.84. The van der Waals surface area contributed by atoms with Crippen LogP contribution >= 0.6 is 0 Å². The van der Waals surface area contributed by atoms with Gasteiger partial charge in [0.05, 0.1) is 5.52 Å². The molecule has 0 radical (unpaired) electrons. The summed E-state index contributed by atoms with van der Waals surface area (Å²) in [5.41, 5.74) is 2.30. The molecule has 0 aliphatic heterocycles. The Labute approximate surface area is 107 Å². The highest BCUT2D eigenvalue weighted by molar-refractivity contribution is 5.79. The van der Waals surface area contributed by atoms with Crippen LogP contribution in [0.2, 0.25) is 0 Å². The lowest BCUT2D eigenvalue weighted by Crippen LogP contribution is -2.19. The van der Waals surface area contributed by atoms with Crippen molar-refractivity contribution in [2.24, 2.45) is 0 Å². The maximum absolute atomic E-state index is 11.2. The molecule has 18 heavy (non-hydrogen) atoms. The van der Waals surface area contributed by atoms with E-state index < -0.39 is 0 Å². The third kappa shape index (κ3) is 2.70. The normalized spacial score (nSPS) is 11.1. The Morgan fingerprint density at radius 2 is 2.22 bits per heavy atom. The first-order chi connectivity index (χ1) is 8.60. The predicted octanol–water partition coefficient (Wildman–Crippen LogP) is 2.30. The summed E-state index contributed by atoms with van der Waals surface area (Å²) in [5, 5.41) is 8.21. The van der Waals surface area contributed by atoms with Gasteiger partial charge < -0.3 is 5.32 Å². The van der Waals surface area contributed by atoms with Crippen LogP contribution in [-0.4, -0.2) is 22.7 Å². The molecule has 1 amide bonds. The Kier molecular flexibility index (Phi) is 3.65. The van der Waals surface area contributed by atoms with Crippen LogP contribution in [-0.2, 0) is 11.3 Å². The molecule has 4 heteroatoms. The van der Waals surface area contributed by atoms with Crippen molar-refractivity contribution in [3.63, 3.8) is 0 Å². The van der Waals surface area contributed by atoms with E-state index in [1.54, 1.807) is 7.05 Å². The Bertz CT molecular complexity index is 557. The van der Waals surface area contributed by atoms with E-state index in [4.69, 9.17) is 0 Å². The van der Waals surface area contributed by atoms with Gasteiger partial charge in [0.2, 0.25) is 5.91 Å². The molecule has 0 unspecified atom stereocenters. The summed E-state index contributed by atoms with van der Waals surface area (Å²) in [6.45, 7) is 4.97. The van der Waals surface area contributed by atoms with E-state index in [0.29, 0.717) is 18.9 Å². The van der Waals surface area contributed by atoms with Gasteiger partial charge in [-0.1, -0.05) is 19.9 Å². The van der Waals surface area contributed by atoms with Gasteiger partial charge in [0.15, 0.2) is 0 Å². The van der Waals surface area contributed by atoms with Gasteiger partial charge in [-0.15, -0.1) is 0 Å². The molecule has 0 spiro atoms. The number of aromatic nitrogens is 2. The number of amides is 1. The first-order valence-electron chi connectivity index (χ1n) is 6.28. The van der Waals surface area contributed by atoms with Crippen molar-refractivity contribution in [3.8, 4) is 0 Å². The number of hydrogen-bond acceptors (Lipinski definition) is 2. The molecule has 1 heterocycles. The fourth-order valence-electron chi connectivity index (χ4n) is 1.91. The Hall–Kier alpha value is -1.84. The summed E-state index contributed by atoms with van der Waals surface area (Å²) >= 11 is 0. The van der Waals surface area contributed by atoms with Gasteiger partial charge in [-0.2, -0.15) is 5.10 Å². The number of carbonyl (C=O) groups excluding carboxylic acids is 1. The van der Waals surface area contributed by atoms with Crippen molar-refractivity contribution >= 4 is 16.8 Å². The quantitative estimate of drug-likeness (QED) is 0.898. The van der Waals surface area contributed by atoms with E-state index in [1.165, 1.54) is 5.56 Å². The molecule has 96 valence electrons. The van der Waals surface area contributed by atoms with Crippen LogP contribution in [0.25, 0.3) is 10.9 Å².